The maximum Gasteiger partial charge on any atom is 0.200 e. The van der Waals surface area contributed by atoms with Gasteiger partial charge in [0.1, 0.15) is 0 Å². The van der Waals surface area contributed by atoms with Crippen molar-refractivity contribution in [3.63, 3.8) is 0 Å². The first kappa shape index (κ1) is 15.0. The van der Waals surface area contributed by atoms with E-state index < -0.39 is 39.5 Å². The molecule has 2 rings (SSSR count). The fraction of sp³-hybridized carbons (Fsp3) is 0.143. The van der Waals surface area contributed by atoms with Crippen molar-refractivity contribution in [2.75, 3.05) is 0 Å². The monoisotopic (exact) mass is 350 g/mol. The predicted octanol–water partition coefficient (Wildman–Crippen LogP) is 5.17. The summed E-state index contributed by atoms with van der Waals surface area (Å²) in [5.41, 5.74) is 0.398. The minimum Gasteiger partial charge on any atom is -0.203 e. The molecule has 0 aliphatic carbocycles. The van der Waals surface area contributed by atoms with Gasteiger partial charge in [0.25, 0.3) is 0 Å². The van der Waals surface area contributed by atoms with Gasteiger partial charge in [0.15, 0.2) is 23.3 Å². The molecular formula is C14H8BrF5. The maximum absolute atomic E-state index is 13.7. The highest BCUT2D eigenvalue weighted by molar-refractivity contribution is 9.09. The lowest BCUT2D eigenvalue weighted by molar-refractivity contribution is 0.371. The van der Waals surface area contributed by atoms with Crippen molar-refractivity contribution in [3.8, 4) is 0 Å². The molecule has 0 N–H and O–H groups in total. The number of alkyl halides is 1. The molecule has 106 valence electrons. The van der Waals surface area contributed by atoms with Crippen LogP contribution in [0.3, 0.4) is 0 Å². The Morgan fingerprint density at radius 3 is 1.60 bits per heavy atom. The van der Waals surface area contributed by atoms with Gasteiger partial charge in [-0.3, -0.25) is 0 Å². The average Bonchev–Trinajstić information content (AvgIpc) is 2.44. The smallest absolute Gasteiger partial charge is 0.200 e. The third-order valence-corrected chi connectivity index (χ3v) is 3.85. The van der Waals surface area contributed by atoms with Crippen molar-refractivity contribution in [2.24, 2.45) is 0 Å². The lowest BCUT2D eigenvalue weighted by Crippen LogP contribution is -2.09. The first-order valence-electron chi connectivity index (χ1n) is 5.56. The van der Waals surface area contributed by atoms with Gasteiger partial charge in [-0.1, -0.05) is 45.8 Å². The summed E-state index contributed by atoms with van der Waals surface area (Å²) in [7, 11) is 0. The van der Waals surface area contributed by atoms with E-state index in [1.165, 1.54) is 0 Å². The second kappa shape index (κ2) is 5.52. The van der Waals surface area contributed by atoms with Crippen LogP contribution >= 0.6 is 15.9 Å². The first-order valence-corrected chi connectivity index (χ1v) is 6.48. The van der Waals surface area contributed by atoms with E-state index in [0.717, 1.165) is 5.56 Å². The van der Waals surface area contributed by atoms with Crippen LogP contribution in [-0.2, 0) is 0 Å². The summed E-state index contributed by atoms with van der Waals surface area (Å²) in [6.07, 6.45) is 0. The molecule has 0 spiro atoms. The van der Waals surface area contributed by atoms with E-state index in [1.807, 2.05) is 6.92 Å². The van der Waals surface area contributed by atoms with Gasteiger partial charge in [0.2, 0.25) is 5.82 Å². The minimum atomic E-state index is -2.16. The number of benzene rings is 2. The summed E-state index contributed by atoms with van der Waals surface area (Å²) in [6, 6.07) is 6.45. The van der Waals surface area contributed by atoms with E-state index >= 15 is 0 Å². The van der Waals surface area contributed by atoms with Crippen LogP contribution < -0.4 is 0 Å². The number of rotatable bonds is 2. The molecule has 1 atom stereocenters. The fourth-order valence-electron chi connectivity index (χ4n) is 1.75. The molecule has 2 aromatic rings. The van der Waals surface area contributed by atoms with Crippen molar-refractivity contribution >= 4 is 15.9 Å². The highest BCUT2D eigenvalue weighted by Crippen LogP contribution is 2.36. The van der Waals surface area contributed by atoms with E-state index in [0.29, 0.717) is 5.56 Å². The first-order chi connectivity index (χ1) is 9.34. The van der Waals surface area contributed by atoms with Gasteiger partial charge >= 0.3 is 0 Å². The molecule has 0 heterocycles. The van der Waals surface area contributed by atoms with Crippen LogP contribution in [0.25, 0.3) is 0 Å². The Bertz CT molecular complexity index is 623. The Balaban J connectivity index is 2.60. The van der Waals surface area contributed by atoms with E-state index in [1.54, 1.807) is 24.3 Å². The SMILES string of the molecule is Cc1ccc(C(Br)c2c(F)c(F)c(F)c(F)c2F)cc1. The molecule has 1 unspecified atom stereocenters. The molecular weight excluding hydrogens is 343 g/mol. The molecule has 0 saturated carbocycles. The number of aryl methyl sites for hydroxylation is 1. The number of halogens is 6. The van der Waals surface area contributed by atoms with Crippen molar-refractivity contribution in [1.29, 1.82) is 0 Å². The van der Waals surface area contributed by atoms with Crippen LogP contribution in [0.15, 0.2) is 24.3 Å². The molecule has 0 aromatic heterocycles. The van der Waals surface area contributed by atoms with Gasteiger partial charge in [-0.05, 0) is 12.5 Å². The van der Waals surface area contributed by atoms with Gasteiger partial charge < -0.3 is 0 Å². The summed E-state index contributed by atoms with van der Waals surface area (Å²) < 4.78 is 66.6. The standard InChI is InChI=1S/C14H8BrF5/c1-6-2-4-7(5-3-6)9(15)8-10(16)12(18)14(20)13(19)11(8)17/h2-5,9H,1H3. The average molecular weight is 351 g/mol. The lowest BCUT2D eigenvalue weighted by Gasteiger charge is -2.14. The minimum absolute atomic E-state index is 0.388. The molecule has 0 fully saturated rings. The van der Waals surface area contributed by atoms with Gasteiger partial charge in [0.05, 0.1) is 4.83 Å². The summed E-state index contributed by atoms with van der Waals surface area (Å²) in [5.74, 6) is -9.72. The molecule has 0 aliphatic rings. The number of hydrogen-bond donors (Lipinski definition) is 0. The van der Waals surface area contributed by atoms with Gasteiger partial charge in [-0.15, -0.1) is 0 Å². The van der Waals surface area contributed by atoms with Crippen molar-refractivity contribution in [1.82, 2.24) is 0 Å². The Morgan fingerprint density at radius 1 is 0.750 bits per heavy atom. The molecule has 0 amide bonds. The van der Waals surface area contributed by atoms with Gasteiger partial charge in [-0.2, -0.15) is 0 Å². The Hall–Kier alpha value is -1.43. The van der Waals surface area contributed by atoms with Crippen molar-refractivity contribution in [3.05, 3.63) is 70.0 Å². The van der Waals surface area contributed by atoms with Crippen LogP contribution in [0.5, 0.6) is 0 Å². The molecule has 0 nitrogen and oxygen atoms in total. The topological polar surface area (TPSA) is 0 Å². The van der Waals surface area contributed by atoms with Crippen LogP contribution in [0.2, 0.25) is 0 Å². The third-order valence-electron chi connectivity index (χ3n) is 2.87. The van der Waals surface area contributed by atoms with E-state index in [4.69, 9.17) is 0 Å². The van der Waals surface area contributed by atoms with Crippen LogP contribution in [0, 0.1) is 36.0 Å². The largest absolute Gasteiger partial charge is 0.203 e. The second-order valence-corrected chi connectivity index (χ2v) is 5.17. The third kappa shape index (κ3) is 2.44. The molecule has 0 saturated heterocycles. The molecule has 2 aromatic carbocycles. The maximum atomic E-state index is 13.7. The van der Waals surface area contributed by atoms with Crippen LogP contribution in [0.1, 0.15) is 21.5 Å². The second-order valence-electron chi connectivity index (χ2n) is 4.26. The van der Waals surface area contributed by atoms with Gasteiger partial charge in [0, 0.05) is 5.56 Å². The zero-order valence-corrected chi connectivity index (χ0v) is 11.7. The quantitative estimate of drug-likeness (QED) is 0.303. The fourth-order valence-corrected chi connectivity index (χ4v) is 2.45. The van der Waals surface area contributed by atoms with Crippen molar-refractivity contribution < 1.29 is 22.0 Å². The Morgan fingerprint density at radius 2 is 1.15 bits per heavy atom. The molecule has 20 heavy (non-hydrogen) atoms. The molecule has 0 aliphatic heterocycles. The number of hydrogen-bond acceptors (Lipinski definition) is 0. The molecule has 0 bridgehead atoms. The predicted molar refractivity (Wildman–Crippen MR) is 68.2 cm³/mol. The normalized spacial score (nSPS) is 12.6. The Kier molecular flexibility index (Phi) is 4.13. The zero-order valence-electron chi connectivity index (χ0n) is 10.2. The highest BCUT2D eigenvalue weighted by atomic mass is 79.9. The van der Waals surface area contributed by atoms with Crippen LogP contribution in [0.4, 0.5) is 22.0 Å². The highest BCUT2D eigenvalue weighted by Gasteiger charge is 2.29. The molecule has 6 heteroatoms. The summed E-state index contributed by atoms with van der Waals surface area (Å²) in [6.45, 7) is 1.81. The van der Waals surface area contributed by atoms with Crippen molar-refractivity contribution in [2.45, 2.75) is 11.8 Å². The summed E-state index contributed by atoms with van der Waals surface area (Å²) >= 11 is 2.98. The summed E-state index contributed by atoms with van der Waals surface area (Å²) in [5, 5.41) is 0. The Labute approximate surface area is 120 Å². The summed E-state index contributed by atoms with van der Waals surface area (Å²) in [4.78, 5) is -1.13. The lowest BCUT2D eigenvalue weighted by atomic mass is 10.0. The van der Waals surface area contributed by atoms with Crippen LogP contribution in [-0.4, -0.2) is 0 Å². The van der Waals surface area contributed by atoms with Gasteiger partial charge in [-0.25, -0.2) is 22.0 Å². The van der Waals surface area contributed by atoms with E-state index in [-0.39, 0.29) is 0 Å². The van der Waals surface area contributed by atoms with E-state index in [2.05, 4.69) is 15.9 Å². The van der Waals surface area contributed by atoms with E-state index in [9.17, 15) is 22.0 Å². The zero-order chi connectivity index (χ0) is 15.0. The molecule has 0 radical (unpaired) electrons.